The number of rotatable bonds is 3. The molecule has 0 atom stereocenters. The van der Waals surface area contributed by atoms with Gasteiger partial charge >= 0.3 is 5.69 Å². The summed E-state index contributed by atoms with van der Waals surface area (Å²) in [4.78, 5) is 14.6. The van der Waals surface area contributed by atoms with Crippen LogP contribution in [0.1, 0.15) is 39.5 Å². The highest BCUT2D eigenvalue weighted by Crippen LogP contribution is 2.36. The zero-order valence-electron chi connectivity index (χ0n) is 11.1. The SMILES string of the molecule is CC1(C)CCC(Nc2nc(Cl)ccc2[N+](=O)[O-])CC1. The summed E-state index contributed by atoms with van der Waals surface area (Å²) in [6.45, 7) is 4.51. The molecule has 1 aliphatic rings. The van der Waals surface area contributed by atoms with E-state index in [2.05, 4.69) is 24.1 Å². The normalized spacial score (nSPS) is 19.1. The molecule has 0 amide bonds. The fourth-order valence-corrected chi connectivity index (χ4v) is 2.57. The number of aromatic nitrogens is 1. The van der Waals surface area contributed by atoms with Gasteiger partial charge < -0.3 is 5.32 Å². The van der Waals surface area contributed by atoms with Crippen LogP contribution >= 0.6 is 11.6 Å². The summed E-state index contributed by atoms with van der Waals surface area (Å²) in [5, 5.41) is 14.4. The van der Waals surface area contributed by atoms with Gasteiger partial charge in [-0.25, -0.2) is 4.98 Å². The minimum atomic E-state index is -0.432. The van der Waals surface area contributed by atoms with Crippen molar-refractivity contribution in [1.29, 1.82) is 0 Å². The van der Waals surface area contributed by atoms with Gasteiger partial charge in [-0.3, -0.25) is 10.1 Å². The molecular weight excluding hydrogens is 266 g/mol. The molecule has 0 unspecified atom stereocenters. The predicted octanol–water partition coefficient (Wildman–Crippen LogP) is 4.02. The molecule has 1 saturated carbocycles. The Kier molecular flexibility index (Phi) is 3.94. The van der Waals surface area contributed by atoms with Gasteiger partial charge in [0.15, 0.2) is 0 Å². The minimum Gasteiger partial charge on any atom is -0.362 e. The summed E-state index contributed by atoms with van der Waals surface area (Å²) in [6.07, 6.45) is 4.22. The second-order valence-electron chi connectivity index (χ2n) is 5.84. The number of hydrogen-bond acceptors (Lipinski definition) is 4. The number of nitrogens with zero attached hydrogens (tertiary/aromatic N) is 2. The average Bonchev–Trinajstić information content (AvgIpc) is 2.31. The van der Waals surface area contributed by atoms with Gasteiger partial charge in [0.2, 0.25) is 5.82 Å². The van der Waals surface area contributed by atoms with E-state index in [1.165, 1.54) is 12.1 Å². The molecule has 6 heteroatoms. The van der Waals surface area contributed by atoms with E-state index in [-0.39, 0.29) is 22.7 Å². The summed E-state index contributed by atoms with van der Waals surface area (Å²) in [5.74, 6) is 0.280. The summed E-state index contributed by atoms with van der Waals surface area (Å²) >= 11 is 5.81. The van der Waals surface area contributed by atoms with Crippen molar-refractivity contribution in [1.82, 2.24) is 4.98 Å². The lowest BCUT2D eigenvalue weighted by atomic mass is 9.75. The number of halogens is 1. The van der Waals surface area contributed by atoms with E-state index in [9.17, 15) is 10.1 Å². The molecule has 1 aliphatic carbocycles. The van der Waals surface area contributed by atoms with Gasteiger partial charge in [0.05, 0.1) is 4.92 Å². The molecule has 104 valence electrons. The van der Waals surface area contributed by atoms with Crippen LogP contribution in [0.3, 0.4) is 0 Å². The van der Waals surface area contributed by atoms with E-state index >= 15 is 0 Å². The first-order valence-corrected chi connectivity index (χ1v) is 6.83. The van der Waals surface area contributed by atoms with E-state index in [1.54, 1.807) is 0 Å². The maximum Gasteiger partial charge on any atom is 0.311 e. The molecule has 0 spiro atoms. The van der Waals surface area contributed by atoms with E-state index in [4.69, 9.17) is 11.6 Å². The summed E-state index contributed by atoms with van der Waals surface area (Å²) < 4.78 is 0. The molecule has 0 bridgehead atoms. The number of anilines is 1. The maximum absolute atomic E-state index is 11.0. The fraction of sp³-hybridized carbons (Fsp3) is 0.615. The molecular formula is C13H18ClN3O2. The van der Waals surface area contributed by atoms with E-state index < -0.39 is 4.92 Å². The molecule has 1 aromatic rings. The van der Waals surface area contributed by atoms with Crippen LogP contribution in [-0.4, -0.2) is 15.9 Å². The van der Waals surface area contributed by atoms with E-state index in [0.717, 1.165) is 25.7 Å². The highest BCUT2D eigenvalue weighted by Gasteiger charge is 2.28. The lowest BCUT2D eigenvalue weighted by Crippen LogP contribution is -2.30. The molecule has 2 rings (SSSR count). The first kappa shape index (κ1) is 14.1. The van der Waals surface area contributed by atoms with Crippen molar-refractivity contribution in [2.45, 2.75) is 45.6 Å². The van der Waals surface area contributed by atoms with Gasteiger partial charge in [-0.15, -0.1) is 0 Å². The molecule has 1 heterocycles. The topological polar surface area (TPSA) is 68.1 Å². The Hall–Kier alpha value is -1.36. The van der Waals surface area contributed by atoms with Gasteiger partial charge in [0.25, 0.3) is 0 Å². The number of pyridine rings is 1. The molecule has 19 heavy (non-hydrogen) atoms. The largest absolute Gasteiger partial charge is 0.362 e. The third-order valence-corrected chi connectivity index (χ3v) is 3.93. The van der Waals surface area contributed by atoms with Crippen molar-refractivity contribution < 1.29 is 4.92 Å². The summed E-state index contributed by atoms with van der Waals surface area (Å²) in [6, 6.07) is 3.07. The predicted molar refractivity (Wildman–Crippen MR) is 75.6 cm³/mol. The fourth-order valence-electron chi connectivity index (χ4n) is 2.42. The van der Waals surface area contributed by atoms with Crippen molar-refractivity contribution in [3.63, 3.8) is 0 Å². The van der Waals surface area contributed by atoms with Crippen molar-refractivity contribution in [3.8, 4) is 0 Å². The standard InChI is InChI=1S/C13H18ClN3O2/c1-13(2)7-5-9(6-8-13)15-12-10(17(18)19)3-4-11(14)16-12/h3-4,9H,5-8H2,1-2H3,(H,15,16). The molecule has 0 aliphatic heterocycles. The van der Waals surface area contributed by atoms with Crippen LogP contribution in [0.15, 0.2) is 12.1 Å². The maximum atomic E-state index is 11.0. The van der Waals surface area contributed by atoms with Crippen molar-refractivity contribution >= 4 is 23.1 Å². The van der Waals surface area contributed by atoms with Crippen molar-refractivity contribution in [3.05, 3.63) is 27.4 Å². The van der Waals surface area contributed by atoms with Crippen LogP contribution in [0.25, 0.3) is 0 Å². The zero-order valence-corrected chi connectivity index (χ0v) is 11.9. The number of nitro groups is 1. The first-order valence-electron chi connectivity index (χ1n) is 6.45. The lowest BCUT2D eigenvalue weighted by molar-refractivity contribution is -0.384. The minimum absolute atomic E-state index is 0.0192. The quantitative estimate of drug-likeness (QED) is 0.517. The molecule has 5 nitrogen and oxygen atoms in total. The smallest absolute Gasteiger partial charge is 0.311 e. The van der Waals surface area contributed by atoms with Crippen LogP contribution in [0.4, 0.5) is 11.5 Å². The third-order valence-electron chi connectivity index (χ3n) is 3.72. The third kappa shape index (κ3) is 3.56. The Labute approximate surface area is 117 Å². The van der Waals surface area contributed by atoms with Crippen LogP contribution in [-0.2, 0) is 0 Å². The Balaban J connectivity index is 2.11. The van der Waals surface area contributed by atoms with Gasteiger partial charge in [-0.05, 0) is 37.2 Å². The second kappa shape index (κ2) is 5.33. The Bertz CT molecular complexity index is 481. The number of hydrogen-bond donors (Lipinski definition) is 1. The van der Waals surface area contributed by atoms with Gasteiger partial charge in [-0.2, -0.15) is 0 Å². The van der Waals surface area contributed by atoms with Crippen molar-refractivity contribution in [2.75, 3.05) is 5.32 Å². The summed E-state index contributed by atoms with van der Waals surface area (Å²) in [5.41, 5.74) is 0.348. The van der Waals surface area contributed by atoms with Crippen molar-refractivity contribution in [2.24, 2.45) is 5.41 Å². The van der Waals surface area contributed by atoms with E-state index in [1.807, 2.05) is 0 Å². The zero-order chi connectivity index (χ0) is 14.0. The first-order chi connectivity index (χ1) is 8.87. The molecule has 0 aromatic carbocycles. The Morgan fingerprint density at radius 2 is 2.05 bits per heavy atom. The molecule has 1 N–H and O–H groups in total. The Morgan fingerprint density at radius 3 is 2.63 bits per heavy atom. The van der Waals surface area contributed by atoms with Crippen LogP contribution in [0.5, 0.6) is 0 Å². The Morgan fingerprint density at radius 1 is 1.42 bits per heavy atom. The van der Waals surface area contributed by atoms with Crippen LogP contribution in [0.2, 0.25) is 5.15 Å². The lowest BCUT2D eigenvalue weighted by Gasteiger charge is -2.34. The number of nitrogens with one attached hydrogen (secondary N) is 1. The van der Waals surface area contributed by atoms with Gasteiger partial charge in [-0.1, -0.05) is 25.4 Å². The molecule has 0 radical (unpaired) electrons. The monoisotopic (exact) mass is 283 g/mol. The highest BCUT2D eigenvalue weighted by atomic mass is 35.5. The van der Waals surface area contributed by atoms with Gasteiger partial charge in [0, 0.05) is 12.1 Å². The van der Waals surface area contributed by atoms with E-state index in [0.29, 0.717) is 5.41 Å². The molecule has 1 fully saturated rings. The molecule has 1 aromatic heterocycles. The summed E-state index contributed by atoms with van der Waals surface area (Å²) in [7, 11) is 0. The molecule has 0 saturated heterocycles. The second-order valence-corrected chi connectivity index (χ2v) is 6.23. The highest BCUT2D eigenvalue weighted by molar-refractivity contribution is 6.29. The van der Waals surface area contributed by atoms with Crippen LogP contribution < -0.4 is 5.32 Å². The average molecular weight is 284 g/mol. The van der Waals surface area contributed by atoms with Crippen LogP contribution in [0, 0.1) is 15.5 Å². The van der Waals surface area contributed by atoms with Gasteiger partial charge in [0.1, 0.15) is 5.15 Å².